The van der Waals surface area contributed by atoms with E-state index >= 15 is 0 Å². The molecular weight excluding hydrogens is 247 g/mol. The molecule has 1 heterocycles. The van der Waals surface area contributed by atoms with E-state index < -0.39 is 36.8 Å². The molecule has 0 fully saturated rings. The standard InChI is InChI=1S/C10H16BF2NO4/c1-9(2,3)18-8(15)14-5-4-7(11(16)17)10(12,13)6-14/h4,16-17H,5-6H2,1-3H3. The van der Waals surface area contributed by atoms with E-state index in [9.17, 15) is 13.6 Å². The molecule has 1 aliphatic heterocycles. The van der Waals surface area contributed by atoms with Crippen LogP contribution in [0.4, 0.5) is 13.6 Å². The van der Waals surface area contributed by atoms with E-state index in [1.165, 1.54) is 0 Å². The highest BCUT2D eigenvalue weighted by Gasteiger charge is 2.45. The molecule has 0 aromatic rings. The molecule has 0 atom stereocenters. The molecule has 0 radical (unpaired) electrons. The van der Waals surface area contributed by atoms with Gasteiger partial charge < -0.3 is 14.8 Å². The Morgan fingerprint density at radius 1 is 1.50 bits per heavy atom. The second-order valence-electron chi connectivity index (χ2n) is 5.10. The SMILES string of the molecule is CC(C)(C)OC(=O)N1CC=C(B(O)O)C(F)(F)C1. The highest BCUT2D eigenvalue weighted by Crippen LogP contribution is 2.30. The second kappa shape index (κ2) is 4.85. The average molecular weight is 263 g/mol. The zero-order valence-corrected chi connectivity index (χ0v) is 10.5. The lowest BCUT2D eigenvalue weighted by atomic mass is 9.73. The Balaban J connectivity index is 2.78. The first-order chi connectivity index (χ1) is 8.03. The van der Waals surface area contributed by atoms with Gasteiger partial charge in [-0.1, -0.05) is 6.08 Å². The van der Waals surface area contributed by atoms with Crippen LogP contribution in [-0.4, -0.2) is 52.8 Å². The Morgan fingerprint density at radius 2 is 2.06 bits per heavy atom. The van der Waals surface area contributed by atoms with Gasteiger partial charge in [0.2, 0.25) is 0 Å². The minimum Gasteiger partial charge on any atom is -0.444 e. The van der Waals surface area contributed by atoms with Crippen LogP contribution in [0.3, 0.4) is 0 Å². The summed E-state index contributed by atoms with van der Waals surface area (Å²) in [6.07, 6.45) is 0.0721. The number of carbonyl (C=O) groups excluding carboxylic acids is 1. The van der Waals surface area contributed by atoms with Crippen LogP contribution in [0.5, 0.6) is 0 Å². The van der Waals surface area contributed by atoms with Gasteiger partial charge in [0.05, 0.1) is 6.54 Å². The van der Waals surface area contributed by atoms with Crippen LogP contribution in [-0.2, 0) is 4.74 Å². The Morgan fingerprint density at radius 3 is 2.44 bits per heavy atom. The van der Waals surface area contributed by atoms with Gasteiger partial charge in [-0.3, -0.25) is 4.90 Å². The van der Waals surface area contributed by atoms with Gasteiger partial charge in [0.1, 0.15) is 5.60 Å². The van der Waals surface area contributed by atoms with Gasteiger partial charge in [-0.15, -0.1) is 0 Å². The summed E-state index contributed by atoms with van der Waals surface area (Å²) in [5, 5.41) is 17.6. The van der Waals surface area contributed by atoms with Crippen LogP contribution >= 0.6 is 0 Å². The van der Waals surface area contributed by atoms with Crippen molar-refractivity contribution >= 4 is 13.2 Å². The number of nitrogens with zero attached hydrogens (tertiary/aromatic N) is 1. The van der Waals surface area contributed by atoms with Crippen LogP contribution in [0.1, 0.15) is 20.8 Å². The molecule has 1 amide bonds. The highest BCUT2D eigenvalue weighted by atomic mass is 19.3. The molecule has 0 aliphatic carbocycles. The van der Waals surface area contributed by atoms with E-state index in [0.29, 0.717) is 0 Å². The summed E-state index contributed by atoms with van der Waals surface area (Å²) in [7, 11) is -2.22. The normalized spacial score (nSPS) is 19.3. The van der Waals surface area contributed by atoms with Gasteiger partial charge in [-0.2, -0.15) is 0 Å². The summed E-state index contributed by atoms with van der Waals surface area (Å²) in [6.45, 7) is 3.83. The molecule has 5 nitrogen and oxygen atoms in total. The summed E-state index contributed by atoms with van der Waals surface area (Å²) in [4.78, 5) is 12.4. The third kappa shape index (κ3) is 3.68. The Hall–Kier alpha value is -1.15. The number of hydrogen-bond donors (Lipinski definition) is 2. The zero-order valence-electron chi connectivity index (χ0n) is 10.5. The van der Waals surface area contributed by atoms with Crippen molar-refractivity contribution in [3.8, 4) is 0 Å². The lowest BCUT2D eigenvalue weighted by Crippen LogP contribution is -2.50. The topological polar surface area (TPSA) is 70.0 Å². The Labute approximate surface area is 104 Å². The molecule has 2 N–H and O–H groups in total. The first kappa shape index (κ1) is 14.9. The van der Waals surface area contributed by atoms with E-state index in [1.807, 2.05) is 0 Å². The molecule has 102 valence electrons. The van der Waals surface area contributed by atoms with Gasteiger partial charge in [0.15, 0.2) is 0 Å². The highest BCUT2D eigenvalue weighted by molar-refractivity contribution is 6.51. The molecular formula is C10H16BF2NO4. The summed E-state index contributed by atoms with van der Waals surface area (Å²) < 4.78 is 32.0. The first-order valence-corrected chi connectivity index (χ1v) is 5.45. The second-order valence-corrected chi connectivity index (χ2v) is 5.10. The maximum Gasteiger partial charge on any atom is 0.490 e. The van der Waals surface area contributed by atoms with Crippen molar-refractivity contribution in [2.24, 2.45) is 0 Å². The lowest BCUT2D eigenvalue weighted by Gasteiger charge is -2.33. The number of hydrogen-bond acceptors (Lipinski definition) is 4. The summed E-state index contributed by atoms with van der Waals surface area (Å²) in [6, 6.07) is 0. The Kier molecular flexibility index (Phi) is 4.02. The van der Waals surface area contributed by atoms with Crippen molar-refractivity contribution < 1.29 is 28.4 Å². The number of ether oxygens (including phenoxy) is 1. The maximum absolute atomic E-state index is 13.5. The fourth-order valence-corrected chi connectivity index (χ4v) is 1.51. The third-order valence-electron chi connectivity index (χ3n) is 2.27. The predicted molar refractivity (Wildman–Crippen MR) is 61.0 cm³/mol. The predicted octanol–water partition coefficient (Wildman–Crippen LogP) is 0.811. The van der Waals surface area contributed by atoms with Gasteiger partial charge in [0, 0.05) is 12.0 Å². The van der Waals surface area contributed by atoms with E-state index in [0.717, 1.165) is 11.0 Å². The van der Waals surface area contributed by atoms with E-state index in [1.54, 1.807) is 20.8 Å². The summed E-state index contributed by atoms with van der Waals surface area (Å²) in [5.41, 5.74) is -1.56. The van der Waals surface area contributed by atoms with Gasteiger partial charge in [-0.05, 0) is 20.8 Å². The number of halogens is 2. The van der Waals surface area contributed by atoms with Crippen molar-refractivity contribution in [2.75, 3.05) is 13.1 Å². The quantitative estimate of drug-likeness (QED) is 0.687. The molecule has 1 rings (SSSR count). The minimum absolute atomic E-state index is 0.141. The summed E-state index contributed by atoms with van der Waals surface area (Å²) >= 11 is 0. The van der Waals surface area contributed by atoms with Crippen molar-refractivity contribution in [1.29, 1.82) is 0 Å². The van der Waals surface area contributed by atoms with Crippen molar-refractivity contribution in [3.05, 3.63) is 11.5 Å². The monoisotopic (exact) mass is 263 g/mol. The first-order valence-electron chi connectivity index (χ1n) is 5.45. The van der Waals surface area contributed by atoms with Crippen LogP contribution in [0.15, 0.2) is 11.5 Å². The number of carbonyl (C=O) groups is 1. The van der Waals surface area contributed by atoms with Gasteiger partial charge in [0.25, 0.3) is 5.92 Å². The van der Waals surface area contributed by atoms with E-state index in [4.69, 9.17) is 14.8 Å². The fourth-order valence-electron chi connectivity index (χ4n) is 1.51. The zero-order chi connectivity index (χ0) is 14.1. The van der Waals surface area contributed by atoms with E-state index in [2.05, 4.69) is 0 Å². The van der Waals surface area contributed by atoms with Crippen molar-refractivity contribution in [1.82, 2.24) is 4.90 Å². The van der Waals surface area contributed by atoms with Crippen LogP contribution in [0.2, 0.25) is 0 Å². The molecule has 18 heavy (non-hydrogen) atoms. The Bertz CT molecular complexity index is 365. The smallest absolute Gasteiger partial charge is 0.444 e. The molecule has 0 unspecified atom stereocenters. The van der Waals surface area contributed by atoms with E-state index in [-0.39, 0.29) is 6.54 Å². The molecule has 0 spiro atoms. The maximum atomic E-state index is 13.5. The van der Waals surface area contributed by atoms with Crippen molar-refractivity contribution in [3.63, 3.8) is 0 Å². The number of alkyl halides is 2. The average Bonchev–Trinajstić information content (AvgIpc) is 2.12. The van der Waals surface area contributed by atoms with Crippen LogP contribution < -0.4 is 0 Å². The molecule has 0 bridgehead atoms. The molecule has 0 aromatic heterocycles. The molecule has 0 saturated carbocycles. The fraction of sp³-hybridized carbons (Fsp3) is 0.700. The molecule has 1 aliphatic rings. The number of rotatable bonds is 1. The van der Waals surface area contributed by atoms with Gasteiger partial charge in [-0.25, -0.2) is 13.6 Å². The molecule has 0 saturated heterocycles. The lowest BCUT2D eigenvalue weighted by molar-refractivity contribution is -0.0211. The molecule has 8 heteroatoms. The third-order valence-corrected chi connectivity index (χ3v) is 2.27. The number of amides is 1. The summed E-state index contributed by atoms with van der Waals surface area (Å²) in [5.74, 6) is -3.47. The van der Waals surface area contributed by atoms with Crippen LogP contribution in [0.25, 0.3) is 0 Å². The molecule has 0 aromatic carbocycles. The largest absolute Gasteiger partial charge is 0.490 e. The van der Waals surface area contributed by atoms with Crippen LogP contribution in [0, 0.1) is 0 Å². The minimum atomic E-state index is -3.47. The van der Waals surface area contributed by atoms with Crippen molar-refractivity contribution in [2.45, 2.75) is 32.3 Å². The van der Waals surface area contributed by atoms with Gasteiger partial charge >= 0.3 is 13.2 Å².